The molecule has 6 nitrogen and oxygen atoms in total. The number of hydrogen-bond acceptors (Lipinski definition) is 5. The summed E-state index contributed by atoms with van der Waals surface area (Å²) >= 11 is 1.26. The minimum atomic E-state index is -0.421. The molecule has 1 unspecified atom stereocenters. The van der Waals surface area contributed by atoms with Gasteiger partial charge in [-0.1, -0.05) is 30.8 Å². The number of Topliss-reactive ketones (excluding diaryl/α,β-unsaturated/α-hetero) is 1. The van der Waals surface area contributed by atoms with Gasteiger partial charge in [-0.15, -0.1) is 0 Å². The van der Waals surface area contributed by atoms with Gasteiger partial charge in [-0.25, -0.2) is 4.98 Å². The molecule has 0 fully saturated rings. The summed E-state index contributed by atoms with van der Waals surface area (Å²) in [5.41, 5.74) is 1.69. The van der Waals surface area contributed by atoms with Gasteiger partial charge in [-0.05, 0) is 49.7 Å². The van der Waals surface area contributed by atoms with Crippen molar-refractivity contribution in [1.82, 2.24) is 9.55 Å². The Balaban J connectivity index is 1.76. The number of thioether (sulfide) groups is 1. The fourth-order valence-corrected chi connectivity index (χ4v) is 3.87. The van der Waals surface area contributed by atoms with Gasteiger partial charge in [-0.2, -0.15) is 0 Å². The van der Waals surface area contributed by atoms with Gasteiger partial charge in [0.05, 0.1) is 16.2 Å². The number of hydrogen-bond donors (Lipinski definition) is 1. The molecule has 1 aromatic heterocycles. The van der Waals surface area contributed by atoms with Crippen molar-refractivity contribution in [3.63, 3.8) is 0 Å². The molecule has 29 heavy (non-hydrogen) atoms. The Morgan fingerprint density at radius 2 is 1.83 bits per heavy atom. The highest BCUT2D eigenvalue weighted by Crippen LogP contribution is 2.25. The third-order valence-corrected chi connectivity index (χ3v) is 5.67. The molecule has 3 rings (SSSR count). The molecule has 0 saturated carbocycles. The summed E-state index contributed by atoms with van der Waals surface area (Å²) in [6, 6.07) is 14.0. The number of rotatable bonds is 7. The number of aromatic nitrogens is 2. The maximum atomic E-state index is 12.8. The van der Waals surface area contributed by atoms with Crippen molar-refractivity contribution in [2.24, 2.45) is 7.05 Å². The smallest absolute Gasteiger partial charge is 0.261 e. The molecule has 7 heteroatoms. The molecule has 0 bridgehead atoms. The fourth-order valence-electron chi connectivity index (χ4n) is 2.92. The van der Waals surface area contributed by atoms with Crippen LogP contribution in [0.15, 0.2) is 58.5 Å². The predicted octanol–water partition coefficient (Wildman–Crippen LogP) is 4.04. The first-order valence-electron chi connectivity index (χ1n) is 9.47. The number of ketones is 1. The molecule has 3 aromatic rings. The molecule has 1 amide bonds. The monoisotopic (exact) mass is 409 g/mol. The molecule has 0 aliphatic carbocycles. The number of fused-ring (bicyclic) bond motifs is 1. The lowest BCUT2D eigenvalue weighted by molar-refractivity contribution is -0.116. The van der Waals surface area contributed by atoms with Crippen LogP contribution in [0.25, 0.3) is 10.9 Å². The quantitative estimate of drug-likeness (QED) is 0.362. The Kier molecular flexibility index (Phi) is 6.49. The Labute approximate surface area is 173 Å². The van der Waals surface area contributed by atoms with Crippen LogP contribution in [-0.4, -0.2) is 26.5 Å². The van der Waals surface area contributed by atoms with Gasteiger partial charge in [0.2, 0.25) is 5.91 Å². The van der Waals surface area contributed by atoms with Crippen LogP contribution < -0.4 is 10.9 Å². The maximum absolute atomic E-state index is 12.8. The predicted molar refractivity (Wildman–Crippen MR) is 117 cm³/mol. The first-order chi connectivity index (χ1) is 13.9. The van der Waals surface area contributed by atoms with E-state index in [2.05, 4.69) is 10.3 Å². The Hall–Kier alpha value is -2.93. The third-order valence-electron chi connectivity index (χ3n) is 4.52. The van der Waals surface area contributed by atoms with Crippen LogP contribution in [0.2, 0.25) is 0 Å². The summed E-state index contributed by atoms with van der Waals surface area (Å²) in [4.78, 5) is 41.6. The first-order valence-corrected chi connectivity index (χ1v) is 10.3. The van der Waals surface area contributed by atoms with Gasteiger partial charge < -0.3 is 5.32 Å². The molecule has 0 radical (unpaired) electrons. The van der Waals surface area contributed by atoms with Crippen LogP contribution in [0.4, 0.5) is 5.69 Å². The van der Waals surface area contributed by atoms with Crippen LogP contribution in [0.1, 0.15) is 37.0 Å². The van der Waals surface area contributed by atoms with E-state index in [1.54, 1.807) is 56.4 Å². The molecule has 0 spiro atoms. The van der Waals surface area contributed by atoms with Crippen LogP contribution in [0.3, 0.4) is 0 Å². The molecule has 0 saturated heterocycles. The van der Waals surface area contributed by atoms with Gasteiger partial charge in [0, 0.05) is 24.7 Å². The summed E-state index contributed by atoms with van der Waals surface area (Å²) in [6.07, 6.45) is 1.24. The number of carbonyl (C=O) groups is 2. The van der Waals surface area contributed by atoms with E-state index in [9.17, 15) is 14.4 Å². The van der Waals surface area contributed by atoms with Crippen molar-refractivity contribution < 1.29 is 9.59 Å². The van der Waals surface area contributed by atoms with E-state index in [0.717, 1.165) is 6.42 Å². The van der Waals surface area contributed by atoms with Crippen molar-refractivity contribution in [1.29, 1.82) is 0 Å². The number of carbonyl (C=O) groups excluding carboxylic acids is 2. The number of para-hydroxylation sites is 1. The normalized spacial score (nSPS) is 12.0. The minimum Gasteiger partial charge on any atom is -0.326 e. The summed E-state index contributed by atoms with van der Waals surface area (Å²) in [5.74, 6) is -0.109. The number of anilines is 1. The van der Waals surface area contributed by atoms with E-state index < -0.39 is 5.25 Å². The molecule has 0 aliphatic heterocycles. The zero-order valence-corrected chi connectivity index (χ0v) is 17.5. The van der Waals surface area contributed by atoms with Crippen LogP contribution in [0, 0.1) is 0 Å². The van der Waals surface area contributed by atoms with Crippen LogP contribution in [-0.2, 0) is 11.8 Å². The standard InChI is InChI=1S/C22H23N3O3S/c1-4-7-19(26)23-16-12-10-15(11-13-16)20(27)14(2)29-22-24-18-9-6-5-8-17(18)21(28)25(22)3/h5-6,8-14H,4,7H2,1-3H3,(H,23,26). The van der Waals surface area contributed by atoms with E-state index in [-0.39, 0.29) is 17.2 Å². The molecular formula is C22H23N3O3S. The topological polar surface area (TPSA) is 81.1 Å². The molecular weight excluding hydrogens is 386 g/mol. The van der Waals surface area contributed by atoms with Crippen LogP contribution in [0.5, 0.6) is 0 Å². The molecule has 2 aromatic carbocycles. The lowest BCUT2D eigenvalue weighted by Crippen LogP contribution is -2.22. The van der Waals surface area contributed by atoms with Gasteiger partial charge >= 0.3 is 0 Å². The Morgan fingerprint density at radius 1 is 1.14 bits per heavy atom. The number of nitrogens with one attached hydrogen (secondary N) is 1. The van der Waals surface area contributed by atoms with E-state index in [1.807, 2.05) is 13.0 Å². The molecule has 1 heterocycles. The van der Waals surface area contributed by atoms with Gasteiger partial charge in [0.1, 0.15) is 0 Å². The second kappa shape index (κ2) is 9.05. The molecule has 150 valence electrons. The van der Waals surface area contributed by atoms with Crippen molar-refractivity contribution in [3.05, 3.63) is 64.4 Å². The summed E-state index contributed by atoms with van der Waals surface area (Å²) < 4.78 is 1.48. The number of benzene rings is 2. The second-order valence-corrected chi connectivity index (χ2v) is 8.08. The largest absolute Gasteiger partial charge is 0.326 e. The highest BCUT2D eigenvalue weighted by molar-refractivity contribution is 8.00. The third kappa shape index (κ3) is 4.74. The van der Waals surface area contributed by atoms with E-state index in [0.29, 0.717) is 33.7 Å². The number of amides is 1. The fraction of sp³-hybridized carbons (Fsp3) is 0.273. The SMILES string of the molecule is CCCC(=O)Nc1ccc(C(=O)C(C)Sc2nc3ccccc3c(=O)n2C)cc1. The highest BCUT2D eigenvalue weighted by atomic mass is 32.2. The van der Waals surface area contributed by atoms with Crippen molar-refractivity contribution in [3.8, 4) is 0 Å². The van der Waals surface area contributed by atoms with Crippen molar-refractivity contribution in [2.45, 2.75) is 37.1 Å². The zero-order valence-electron chi connectivity index (χ0n) is 16.6. The van der Waals surface area contributed by atoms with Gasteiger partial charge in [0.15, 0.2) is 10.9 Å². The summed E-state index contributed by atoms with van der Waals surface area (Å²) in [6.45, 7) is 3.74. The van der Waals surface area contributed by atoms with Crippen LogP contribution >= 0.6 is 11.8 Å². The van der Waals surface area contributed by atoms with E-state index in [4.69, 9.17) is 0 Å². The minimum absolute atomic E-state index is 0.0428. The maximum Gasteiger partial charge on any atom is 0.261 e. The zero-order chi connectivity index (χ0) is 21.0. The lowest BCUT2D eigenvalue weighted by atomic mass is 10.1. The molecule has 1 N–H and O–H groups in total. The Bertz CT molecular complexity index is 1110. The number of nitrogens with zero attached hydrogens (tertiary/aromatic N) is 2. The lowest BCUT2D eigenvalue weighted by Gasteiger charge is -2.13. The summed E-state index contributed by atoms with van der Waals surface area (Å²) in [5, 5.41) is 3.44. The molecule has 1 atom stereocenters. The second-order valence-electron chi connectivity index (χ2n) is 6.78. The highest BCUT2D eigenvalue weighted by Gasteiger charge is 2.19. The first kappa shape index (κ1) is 20.8. The summed E-state index contributed by atoms with van der Waals surface area (Å²) in [7, 11) is 1.66. The van der Waals surface area contributed by atoms with E-state index >= 15 is 0 Å². The van der Waals surface area contributed by atoms with E-state index in [1.165, 1.54) is 16.3 Å². The Morgan fingerprint density at radius 3 is 2.52 bits per heavy atom. The average Bonchev–Trinajstić information content (AvgIpc) is 2.72. The molecule has 0 aliphatic rings. The van der Waals surface area contributed by atoms with Crippen molar-refractivity contribution in [2.75, 3.05) is 5.32 Å². The van der Waals surface area contributed by atoms with Gasteiger partial charge in [0.25, 0.3) is 5.56 Å². The van der Waals surface area contributed by atoms with Gasteiger partial charge in [-0.3, -0.25) is 19.0 Å². The van der Waals surface area contributed by atoms with Crippen molar-refractivity contribution >= 4 is 40.0 Å². The average molecular weight is 410 g/mol.